The number of amides is 1. The van der Waals surface area contributed by atoms with E-state index in [1.54, 1.807) is 36.4 Å². The number of nitrogens with zero attached hydrogens (tertiary/aromatic N) is 3. The molecular formula is C20H21ClN5O3+. The summed E-state index contributed by atoms with van der Waals surface area (Å²) in [4.78, 5) is 26.6. The van der Waals surface area contributed by atoms with E-state index < -0.39 is 4.92 Å². The molecule has 0 bridgehead atoms. The van der Waals surface area contributed by atoms with Crippen molar-refractivity contribution in [2.45, 2.75) is 13.0 Å². The van der Waals surface area contributed by atoms with Crippen LogP contribution in [0.1, 0.15) is 12.5 Å². The van der Waals surface area contributed by atoms with Crippen molar-refractivity contribution in [1.82, 2.24) is 0 Å². The molecule has 1 saturated heterocycles. The van der Waals surface area contributed by atoms with Gasteiger partial charge in [-0.15, -0.1) is 0 Å². The molecule has 0 radical (unpaired) electrons. The third-order valence-electron chi connectivity index (χ3n) is 5.19. The van der Waals surface area contributed by atoms with Crippen LogP contribution in [0.5, 0.6) is 0 Å². The number of piperazine rings is 1. The highest BCUT2D eigenvalue weighted by Crippen LogP contribution is 2.30. The van der Waals surface area contributed by atoms with Crippen molar-refractivity contribution in [2.75, 3.05) is 36.4 Å². The topological polar surface area (TPSA) is 104 Å². The lowest BCUT2D eigenvalue weighted by atomic mass is 10.1. The number of halogens is 1. The first kappa shape index (κ1) is 20.6. The maximum atomic E-state index is 12.7. The normalized spacial score (nSPS) is 15.4. The lowest BCUT2D eigenvalue weighted by Crippen LogP contribution is -3.19. The second-order valence-corrected chi connectivity index (χ2v) is 7.34. The average Bonchev–Trinajstić information content (AvgIpc) is 2.73. The van der Waals surface area contributed by atoms with E-state index in [4.69, 9.17) is 16.9 Å². The quantitative estimate of drug-likeness (QED) is 0.574. The molecule has 1 atom stereocenters. The van der Waals surface area contributed by atoms with E-state index in [0.29, 0.717) is 48.1 Å². The fourth-order valence-electron chi connectivity index (χ4n) is 3.49. The summed E-state index contributed by atoms with van der Waals surface area (Å²) in [5.74, 6) is -0.159. The number of nitriles is 1. The van der Waals surface area contributed by atoms with Gasteiger partial charge in [-0.2, -0.15) is 5.26 Å². The molecule has 1 fully saturated rings. The average molecular weight is 415 g/mol. The number of benzene rings is 2. The van der Waals surface area contributed by atoms with Gasteiger partial charge in [0.05, 0.1) is 42.4 Å². The van der Waals surface area contributed by atoms with Gasteiger partial charge in [0.2, 0.25) is 0 Å². The molecule has 1 aliphatic heterocycles. The third kappa shape index (κ3) is 4.65. The summed E-state index contributed by atoms with van der Waals surface area (Å²) in [6, 6.07) is 13.3. The molecule has 2 aromatic carbocycles. The van der Waals surface area contributed by atoms with Crippen LogP contribution in [-0.2, 0) is 4.79 Å². The summed E-state index contributed by atoms with van der Waals surface area (Å²) >= 11 is 5.90. The SMILES string of the molecule is C[C@H](C(=O)Nc1ccccc1C#N)[NH+]1CCN(c2ccc(Cl)cc2[N+](=O)[O-])CC1. The largest absolute Gasteiger partial charge is 0.355 e. The zero-order chi connectivity index (χ0) is 21.0. The van der Waals surface area contributed by atoms with Gasteiger partial charge in [-0.05, 0) is 31.2 Å². The van der Waals surface area contributed by atoms with Gasteiger partial charge >= 0.3 is 0 Å². The van der Waals surface area contributed by atoms with Crippen LogP contribution >= 0.6 is 11.6 Å². The van der Waals surface area contributed by atoms with E-state index in [1.807, 2.05) is 11.8 Å². The van der Waals surface area contributed by atoms with Crippen molar-refractivity contribution in [3.05, 3.63) is 63.2 Å². The Hall–Kier alpha value is -3.15. The first-order valence-electron chi connectivity index (χ1n) is 9.24. The number of rotatable bonds is 5. The van der Waals surface area contributed by atoms with Crippen LogP contribution in [0.25, 0.3) is 0 Å². The van der Waals surface area contributed by atoms with Crippen molar-refractivity contribution in [3.8, 4) is 6.07 Å². The van der Waals surface area contributed by atoms with Crippen LogP contribution < -0.4 is 15.1 Å². The Morgan fingerprint density at radius 2 is 2.00 bits per heavy atom. The van der Waals surface area contributed by atoms with E-state index in [0.717, 1.165) is 4.90 Å². The minimum absolute atomic E-state index is 0.0140. The van der Waals surface area contributed by atoms with Crippen LogP contribution in [0, 0.1) is 21.4 Å². The molecular weight excluding hydrogens is 394 g/mol. The molecule has 9 heteroatoms. The van der Waals surface area contributed by atoms with Gasteiger partial charge in [0, 0.05) is 11.1 Å². The zero-order valence-electron chi connectivity index (χ0n) is 15.9. The minimum Gasteiger partial charge on any atom is -0.355 e. The highest BCUT2D eigenvalue weighted by molar-refractivity contribution is 6.30. The van der Waals surface area contributed by atoms with Crippen molar-refractivity contribution in [2.24, 2.45) is 0 Å². The first-order valence-corrected chi connectivity index (χ1v) is 9.62. The molecule has 2 N–H and O–H groups in total. The fourth-order valence-corrected chi connectivity index (χ4v) is 3.66. The van der Waals surface area contributed by atoms with Crippen LogP contribution in [0.15, 0.2) is 42.5 Å². The first-order chi connectivity index (χ1) is 13.9. The molecule has 150 valence electrons. The molecule has 29 heavy (non-hydrogen) atoms. The molecule has 0 unspecified atom stereocenters. The molecule has 1 amide bonds. The predicted molar refractivity (Wildman–Crippen MR) is 110 cm³/mol. The van der Waals surface area contributed by atoms with Crippen LogP contribution in [0.3, 0.4) is 0 Å². The second kappa shape index (κ2) is 8.90. The van der Waals surface area contributed by atoms with E-state index in [9.17, 15) is 14.9 Å². The smallest absolute Gasteiger partial charge is 0.294 e. The Bertz CT molecular complexity index is 967. The number of hydrogen-bond acceptors (Lipinski definition) is 5. The van der Waals surface area contributed by atoms with Crippen molar-refractivity contribution in [3.63, 3.8) is 0 Å². The van der Waals surface area contributed by atoms with Crippen LogP contribution in [0.2, 0.25) is 5.02 Å². The number of carbonyl (C=O) groups excluding carboxylic acids is 1. The standard InChI is InChI=1S/C20H20ClN5O3/c1-14(20(27)23-17-5-3-2-4-15(17)13-22)24-8-10-25(11-9-24)18-7-6-16(21)12-19(18)26(28)29/h2-7,12,14H,8-11H2,1H3,(H,23,27)/p+1/t14-/m1/s1. The van der Waals surface area contributed by atoms with Gasteiger partial charge in [-0.3, -0.25) is 14.9 Å². The van der Waals surface area contributed by atoms with Gasteiger partial charge in [-0.1, -0.05) is 23.7 Å². The molecule has 2 aromatic rings. The van der Waals surface area contributed by atoms with E-state index in [1.165, 1.54) is 6.07 Å². The summed E-state index contributed by atoms with van der Waals surface area (Å²) in [5.41, 5.74) is 1.45. The maximum absolute atomic E-state index is 12.7. The number of nitro benzene ring substituents is 1. The third-order valence-corrected chi connectivity index (χ3v) is 5.43. The van der Waals surface area contributed by atoms with Gasteiger partial charge in [0.1, 0.15) is 11.8 Å². The molecule has 0 aromatic heterocycles. The van der Waals surface area contributed by atoms with Gasteiger partial charge < -0.3 is 15.1 Å². The molecule has 0 saturated carbocycles. The van der Waals surface area contributed by atoms with Crippen molar-refractivity contribution < 1.29 is 14.6 Å². The Morgan fingerprint density at radius 1 is 1.31 bits per heavy atom. The summed E-state index contributed by atoms with van der Waals surface area (Å²) in [6.07, 6.45) is 0. The number of quaternary nitrogens is 1. The van der Waals surface area contributed by atoms with Gasteiger partial charge in [0.15, 0.2) is 6.04 Å². The van der Waals surface area contributed by atoms with Crippen molar-refractivity contribution >= 4 is 34.6 Å². The number of nitro groups is 1. The summed E-state index contributed by atoms with van der Waals surface area (Å²) < 4.78 is 0. The number of carbonyl (C=O) groups is 1. The zero-order valence-corrected chi connectivity index (χ0v) is 16.6. The van der Waals surface area contributed by atoms with Crippen LogP contribution in [0.4, 0.5) is 17.1 Å². The van der Waals surface area contributed by atoms with Crippen molar-refractivity contribution in [1.29, 1.82) is 5.26 Å². The number of anilines is 2. The van der Waals surface area contributed by atoms with E-state index in [2.05, 4.69) is 11.4 Å². The minimum atomic E-state index is -0.427. The maximum Gasteiger partial charge on any atom is 0.294 e. The highest BCUT2D eigenvalue weighted by Gasteiger charge is 2.31. The van der Waals surface area contributed by atoms with E-state index >= 15 is 0 Å². The molecule has 3 rings (SSSR count). The van der Waals surface area contributed by atoms with Gasteiger partial charge in [-0.25, -0.2) is 0 Å². The Balaban J connectivity index is 1.64. The van der Waals surface area contributed by atoms with Gasteiger partial charge in [0.25, 0.3) is 11.6 Å². The molecule has 1 heterocycles. The molecule has 0 aliphatic carbocycles. The predicted octanol–water partition coefficient (Wildman–Crippen LogP) is 1.85. The van der Waals surface area contributed by atoms with E-state index in [-0.39, 0.29) is 17.6 Å². The fraction of sp³-hybridized carbons (Fsp3) is 0.300. The Morgan fingerprint density at radius 3 is 2.66 bits per heavy atom. The summed E-state index contributed by atoms with van der Waals surface area (Å²) in [6.45, 7) is 4.34. The molecule has 0 spiro atoms. The monoisotopic (exact) mass is 414 g/mol. The summed E-state index contributed by atoms with van der Waals surface area (Å²) in [5, 5.41) is 23.7. The number of hydrogen-bond donors (Lipinski definition) is 2. The Kier molecular flexibility index (Phi) is 6.32. The molecule has 1 aliphatic rings. The summed E-state index contributed by atoms with van der Waals surface area (Å²) in [7, 11) is 0. The lowest BCUT2D eigenvalue weighted by Gasteiger charge is -2.35. The number of para-hydroxylation sites is 1. The Labute approximate surface area is 173 Å². The second-order valence-electron chi connectivity index (χ2n) is 6.90. The number of nitrogens with one attached hydrogen (secondary N) is 2. The molecule has 8 nitrogen and oxygen atoms in total. The lowest BCUT2D eigenvalue weighted by molar-refractivity contribution is -0.914. The van der Waals surface area contributed by atoms with Crippen LogP contribution in [-0.4, -0.2) is 43.1 Å². The highest BCUT2D eigenvalue weighted by atomic mass is 35.5.